The van der Waals surface area contributed by atoms with Crippen LogP contribution in [0.3, 0.4) is 0 Å². The Kier molecular flexibility index (Phi) is 14.5. The first-order valence-corrected chi connectivity index (χ1v) is 11.6. The number of nitrogens with two attached hydrogens (primary N) is 3. The summed E-state index contributed by atoms with van der Waals surface area (Å²) in [6.07, 6.45) is 2.68. The second-order valence-corrected chi connectivity index (χ2v) is 8.06. The molecule has 178 valence electrons. The standard InChI is InChI=1S/C17H33N7O5S2/c1-9(16(28)29)22-14(26)12(5-7-31-2)24-15(27)11(4-3-6-21-17(19)20)23-13(25)10(18)8-30/h9-12,30H,3-8,18H2,1-2H3,(H,22,26)(H,23,25)(H,24,27)(H,28,29)(H4,19,20,21). The van der Waals surface area contributed by atoms with Crippen LogP contribution in [0.1, 0.15) is 26.2 Å². The summed E-state index contributed by atoms with van der Waals surface area (Å²) in [6.45, 7) is 1.56. The van der Waals surface area contributed by atoms with Crippen LogP contribution < -0.4 is 33.2 Å². The van der Waals surface area contributed by atoms with E-state index in [9.17, 15) is 19.2 Å². The van der Waals surface area contributed by atoms with E-state index < -0.39 is 47.9 Å². The molecule has 0 radical (unpaired) electrons. The first-order valence-electron chi connectivity index (χ1n) is 9.58. The summed E-state index contributed by atoms with van der Waals surface area (Å²) in [7, 11) is 0. The highest BCUT2D eigenvalue weighted by atomic mass is 32.2. The Labute approximate surface area is 191 Å². The Bertz CT molecular complexity index is 646. The molecule has 0 rings (SSSR count). The lowest BCUT2D eigenvalue weighted by atomic mass is 10.1. The minimum atomic E-state index is -1.20. The number of nitrogens with zero attached hydrogens (tertiary/aromatic N) is 1. The van der Waals surface area contributed by atoms with Crippen molar-refractivity contribution in [3.63, 3.8) is 0 Å². The smallest absolute Gasteiger partial charge is 0.325 e. The molecule has 12 nitrogen and oxygen atoms in total. The van der Waals surface area contributed by atoms with Crippen LogP contribution in [0.4, 0.5) is 0 Å². The van der Waals surface area contributed by atoms with Crippen molar-refractivity contribution >= 4 is 54.0 Å². The van der Waals surface area contributed by atoms with Gasteiger partial charge in [-0.2, -0.15) is 24.4 Å². The van der Waals surface area contributed by atoms with Crippen LogP contribution in [-0.2, 0) is 19.2 Å². The van der Waals surface area contributed by atoms with E-state index in [1.54, 1.807) is 0 Å². The van der Waals surface area contributed by atoms with E-state index in [1.165, 1.54) is 18.7 Å². The fourth-order valence-corrected chi connectivity index (χ4v) is 2.92. The second kappa shape index (κ2) is 15.6. The Hall–Kier alpha value is -2.19. The van der Waals surface area contributed by atoms with Crippen molar-refractivity contribution in [3.8, 4) is 0 Å². The van der Waals surface area contributed by atoms with Crippen molar-refractivity contribution in [2.45, 2.75) is 50.4 Å². The molecule has 0 aliphatic heterocycles. The molecule has 0 aliphatic rings. The molecule has 3 amide bonds. The molecule has 14 heteroatoms. The van der Waals surface area contributed by atoms with Crippen LogP contribution in [0.5, 0.6) is 0 Å². The average molecular weight is 480 g/mol. The molecule has 31 heavy (non-hydrogen) atoms. The number of amides is 3. The molecule has 0 spiro atoms. The van der Waals surface area contributed by atoms with Gasteiger partial charge in [-0.25, -0.2) is 0 Å². The molecule has 4 atom stereocenters. The summed E-state index contributed by atoms with van der Waals surface area (Å²) in [6, 6.07) is -4.00. The molecule has 0 saturated heterocycles. The van der Waals surface area contributed by atoms with Gasteiger partial charge in [0.1, 0.15) is 18.1 Å². The number of nitrogens with one attached hydrogen (secondary N) is 3. The maximum absolute atomic E-state index is 12.8. The highest BCUT2D eigenvalue weighted by Crippen LogP contribution is 2.05. The summed E-state index contributed by atoms with van der Waals surface area (Å²) >= 11 is 5.44. The molecular weight excluding hydrogens is 446 g/mol. The van der Waals surface area contributed by atoms with Gasteiger partial charge in [-0.05, 0) is 38.2 Å². The minimum absolute atomic E-state index is 0.0833. The van der Waals surface area contributed by atoms with Gasteiger partial charge in [-0.3, -0.25) is 24.2 Å². The fourth-order valence-electron chi connectivity index (χ4n) is 2.29. The number of carbonyl (C=O) groups excluding carboxylic acids is 3. The number of thiol groups is 1. The number of guanidine groups is 1. The fraction of sp³-hybridized carbons (Fsp3) is 0.706. The number of aliphatic carboxylic acids is 1. The lowest BCUT2D eigenvalue weighted by Crippen LogP contribution is -2.57. The Morgan fingerprint density at radius 1 is 1.03 bits per heavy atom. The Morgan fingerprint density at radius 3 is 2.10 bits per heavy atom. The van der Waals surface area contributed by atoms with E-state index in [4.69, 9.17) is 22.3 Å². The van der Waals surface area contributed by atoms with Gasteiger partial charge in [-0.15, -0.1) is 0 Å². The summed E-state index contributed by atoms with van der Waals surface area (Å²) in [4.78, 5) is 52.3. The van der Waals surface area contributed by atoms with E-state index in [0.29, 0.717) is 12.2 Å². The van der Waals surface area contributed by atoms with Crippen LogP contribution in [0.25, 0.3) is 0 Å². The number of carboxylic acid groups (broad SMARTS) is 1. The van der Waals surface area contributed by atoms with E-state index >= 15 is 0 Å². The Morgan fingerprint density at radius 2 is 1.58 bits per heavy atom. The predicted octanol–water partition coefficient (Wildman–Crippen LogP) is -2.39. The SMILES string of the molecule is CSCCC(NC(=O)C(CCCN=C(N)N)NC(=O)C(N)CS)C(=O)NC(C)C(=O)O. The van der Waals surface area contributed by atoms with Crippen molar-refractivity contribution in [1.82, 2.24) is 16.0 Å². The molecule has 0 bridgehead atoms. The molecule has 4 unspecified atom stereocenters. The van der Waals surface area contributed by atoms with Gasteiger partial charge in [-0.1, -0.05) is 0 Å². The molecule has 0 fully saturated rings. The monoisotopic (exact) mass is 479 g/mol. The normalized spacial score (nSPS) is 14.5. The first kappa shape index (κ1) is 28.8. The number of hydrogen-bond acceptors (Lipinski definition) is 8. The minimum Gasteiger partial charge on any atom is -0.480 e. The topological polar surface area (TPSA) is 215 Å². The van der Waals surface area contributed by atoms with Crippen LogP contribution in [0, 0.1) is 0 Å². The number of carbonyl (C=O) groups is 4. The van der Waals surface area contributed by atoms with E-state index in [1.807, 2.05) is 6.26 Å². The first-order chi connectivity index (χ1) is 14.5. The van der Waals surface area contributed by atoms with Gasteiger partial charge in [0.15, 0.2) is 5.96 Å². The second-order valence-electron chi connectivity index (χ2n) is 6.71. The van der Waals surface area contributed by atoms with Gasteiger partial charge in [0.2, 0.25) is 17.7 Å². The maximum atomic E-state index is 12.8. The van der Waals surface area contributed by atoms with E-state index in [2.05, 4.69) is 33.6 Å². The summed E-state index contributed by atoms with van der Waals surface area (Å²) in [5.41, 5.74) is 16.2. The zero-order valence-electron chi connectivity index (χ0n) is 17.7. The van der Waals surface area contributed by atoms with Gasteiger partial charge < -0.3 is 38.3 Å². The number of aliphatic imine (C=N–C) groups is 1. The van der Waals surface area contributed by atoms with Gasteiger partial charge >= 0.3 is 5.97 Å². The number of rotatable bonds is 15. The van der Waals surface area contributed by atoms with Gasteiger partial charge in [0.25, 0.3) is 0 Å². The third-order valence-electron chi connectivity index (χ3n) is 4.08. The van der Waals surface area contributed by atoms with Crippen molar-refractivity contribution in [2.75, 3.05) is 24.3 Å². The molecule has 0 aromatic carbocycles. The highest BCUT2D eigenvalue weighted by Gasteiger charge is 2.28. The number of carboxylic acids is 1. The third kappa shape index (κ3) is 12.3. The van der Waals surface area contributed by atoms with Crippen LogP contribution in [-0.4, -0.2) is 83.2 Å². The molecule has 0 aromatic rings. The number of hydrogen-bond donors (Lipinski definition) is 8. The molecule has 0 aromatic heterocycles. The maximum Gasteiger partial charge on any atom is 0.325 e. The zero-order valence-corrected chi connectivity index (χ0v) is 19.4. The van der Waals surface area contributed by atoms with Crippen molar-refractivity contribution in [3.05, 3.63) is 0 Å². The number of thioether (sulfide) groups is 1. The molecule has 10 N–H and O–H groups in total. The van der Waals surface area contributed by atoms with Gasteiger partial charge in [0.05, 0.1) is 6.04 Å². The lowest BCUT2D eigenvalue weighted by Gasteiger charge is -2.24. The van der Waals surface area contributed by atoms with Gasteiger partial charge in [0, 0.05) is 12.3 Å². The summed E-state index contributed by atoms with van der Waals surface area (Å²) < 4.78 is 0. The largest absolute Gasteiger partial charge is 0.480 e. The summed E-state index contributed by atoms with van der Waals surface area (Å²) in [5.74, 6) is -2.46. The van der Waals surface area contributed by atoms with E-state index in [0.717, 1.165) is 0 Å². The zero-order chi connectivity index (χ0) is 24.0. The third-order valence-corrected chi connectivity index (χ3v) is 5.12. The van der Waals surface area contributed by atoms with Crippen LogP contribution >= 0.6 is 24.4 Å². The summed E-state index contributed by atoms with van der Waals surface area (Å²) in [5, 5.41) is 16.5. The molecule has 0 aliphatic carbocycles. The van der Waals surface area contributed by atoms with Crippen molar-refractivity contribution < 1.29 is 24.3 Å². The average Bonchev–Trinajstić information content (AvgIpc) is 2.71. The van der Waals surface area contributed by atoms with Crippen molar-refractivity contribution in [1.29, 1.82) is 0 Å². The molecule has 0 heterocycles. The van der Waals surface area contributed by atoms with E-state index in [-0.39, 0.29) is 31.1 Å². The van der Waals surface area contributed by atoms with Crippen molar-refractivity contribution in [2.24, 2.45) is 22.2 Å². The van der Waals surface area contributed by atoms with Crippen LogP contribution in [0.2, 0.25) is 0 Å². The predicted molar refractivity (Wildman–Crippen MR) is 124 cm³/mol. The van der Waals surface area contributed by atoms with Crippen LogP contribution in [0.15, 0.2) is 4.99 Å². The lowest BCUT2D eigenvalue weighted by molar-refractivity contribution is -0.141. The molecular formula is C17H33N7O5S2. The highest BCUT2D eigenvalue weighted by molar-refractivity contribution is 7.98. The molecule has 0 saturated carbocycles. The Balaban J connectivity index is 5.32. The quantitative estimate of drug-likeness (QED) is 0.0543.